The summed E-state index contributed by atoms with van der Waals surface area (Å²) in [6.07, 6.45) is -0.273. The summed E-state index contributed by atoms with van der Waals surface area (Å²) >= 11 is 0. The van der Waals surface area contributed by atoms with Gasteiger partial charge < -0.3 is 9.84 Å². The average Bonchev–Trinajstić information content (AvgIpc) is 2.31. The van der Waals surface area contributed by atoms with Crippen LogP contribution in [0.3, 0.4) is 0 Å². The highest BCUT2D eigenvalue weighted by Crippen LogP contribution is 2.33. The van der Waals surface area contributed by atoms with Gasteiger partial charge in [-0.05, 0) is 30.5 Å². The lowest BCUT2D eigenvalue weighted by atomic mass is 9.83. The maximum atomic E-state index is 12.5. The molecule has 0 amide bonds. The summed E-state index contributed by atoms with van der Waals surface area (Å²) in [7, 11) is 0. The number of ether oxygens (including phenoxy) is 1. The molecule has 0 atom stereocenters. The van der Waals surface area contributed by atoms with E-state index in [1.807, 2.05) is 0 Å². The Balaban J connectivity index is 2.08. The monoisotopic (exact) mass is 288 g/mol. The maximum Gasteiger partial charge on any atom is 0.416 e. The van der Waals surface area contributed by atoms with E-state index in [0.29, 0.717) is 18.6 Å². The van der Waals surface area contributed by atoms with Crippen molar-refractivity contribution in [3.05, 3.63) is 29.3 Å². The van der Waals surface area contributed by atoms with Gasteiger partial charge in [-0.3, -0.25) is 0 Å². The Labute approximate surface area is 114 Å². The number of aromatic carboxylic acids is 1. The minimum Gasteiger partial charge on any atom is -0.493 e. The number of hydrogen-bond acceptors (Lipinski definition) is 2. The predicted octanol–water partition coefficient (Wildman–Crippen LogP) is 3.97. The Morgan fingerprint density at radius 2 is 2.05 bits per heavy atom. The largest absolute Gasteiger partial charge is 0.493 e. The summed E-state index contributed by atoms with van der Waals surface area (Å²) in [5.41, 5.74) is -1.44. The summed E-state index contributed by atoms with van der Waals surface area (Å²) < 4.78 is 42.9. The van der Waals surface area contributed by atoms with E-state index in [9.17, 15) is 18.0 Å². The van der Waals surface area contributed by atoms with Crippen LogP contribution in [0.15, 0.2) is 18.2 Å². The molecule has 110 valence electrons. The van der Waals surface area contributed by atoms with Gasteiger partial charge in [0.15, 0.2) is 0 Å². The van der Waals surface area contributed by atoms with Gasteiger partial charge in [0.25, 0.3) is 0 Å². The van der Waals surface area contributed by atoms with E-state index < -0.39 is 23.3 Å². The molecule has 1 fully saturated rings. The van der Waals surface area contributed by atoms with Gasteiger partial charge in [0.1, 0.15) is 11.3 Å². The van der Waals surface area contributed by atoms with Crippen molar-refractivity contribution in [1.29, 1.82) is 0 Å². The zero-order chi connectivity index (χ0) is 14.8. The number of halogens is 3. The van der Waals surface area contributed by atoms with E-state index in [0.717, 1.165) is 31.4 Å². The van der Waals surface area contributed by atoms with Gasteiger partial charge in [-0.2, -0.15) is 13.2 Å². The highest BCUT2D eigenvalue weighted by atomic mass is 19.4. The van der Waals surface area contributed by atoms with Crippen molar-refractivity contribution in [3.63, 3.8) is 0 Å². The van der Waals surface area contributed by atoms with E-state index in [-0.39, 0.29) is 5.75 Å². The first-order chi connectivity index (χ1) is 9.38. The van der Waals surface area contributed by atoms with Gasteiger partial charge in [0.2, 0.25) is 0 Å². The number of carboxylic acid groups (broad SMARTS) is 1. The molecule has 0 heterocycles. The zero-order valence-electron chi connectivity index (χ0n) is 10.7. The number of carboxylic acids is 1. The molecule has 0 aliphatic heterocycles. The van der Waals surface area contributed by atoms with Crippen LogP contribution < -0.4 is 4.74 Å². The first-order valence-electron chi connectivity index (χ1n) is 6.45. The summed E-state index contributed by atoms with van der Waals surface area (Å²) in [6.45, 7) is 0.330. The molecule has 1 aliphatic rings. The molecule has 1 saturated carbocycles. The maximum absolute atomic E-state index is 12.5. The lowest BCUT2D eigenvalue weighted by molar-refractivity contribution is -0.137. The second-order valence-electron chi connectivity index (χ2n) is 4.95. The van der Waals surface area contributed by atoms with Crippen molar-refractivity contribution in [2.75, 3.05) is 6.61 Å². The molecule has 1 aliphatic carbocycles. The van der Waals surface area contributed by atoms with Crippen LogP contribution in [-0.2, 0) is 6.18 Å². The summed E-state index contributed by atoms with van der Waals surface area (Å²) in [4.78, 5) is 11.0. The Bertz CT molecular complexity index is 493. The lowest BCUT2D eigenvalue weighted by Gasteiger charge is -2.25. The highest BCUT2D eigenvalue weighted by molar-refractivity contribution is 5.91. The molecule has 0 spiro atoms. The fraction of sp³-hybridized carbons (Fsp3) is 0.500. The number of rotatable bonds is 5. The molecule has 1 N–H and O–H groups in total. The Morgan fingerprint density at radius 3 is 2.55 bits per heavy atom. The van der Waals surface area contributed by atoms with Crippen LogP contribution >= 0.6 is 0 Å². The topological polar surface area (TPSA) is 46.5 Å². The van der Waals surface area contributed by atoms with Crippen LogP contribution in [0.25, 0.3) is 0 Å². The molecule has 3 nitrogen and oxygen atoms in total. The number of benzene rings is 1. The minimum atomic E-state index is -4.56. The standard InChI is InChI=1S/C14H15F3O3/c15-14(16,17)10-4-5-12(11(8-10)13(18)19)20-7-6-9-2-1-3-9/h4-5,8-9H,1-3,6-7H2,(H,18,19). The Hall–Kier alpha value is -1.72. The Kier molecular flexibility index (Phi) is 4.20. The molecular formula is C14H15F3O3. The van der Waals surface area contributed by atoms with E-state index in [1.54, 1.807) is 0 Å². The van der Waals surface area contributed by atoms with Gasteiger partial charge >= 0.3 is 12.1 Å². The molecular weight excluding hydrogens is 273 g/mol. The molecule has 6 heteroatoms. The average molecular weight is 288 g/mol. The molecule has 2 rings (SSSR count). The first kappa shape index (κ1) is 14.7. The fourth-order valence-electron chi connectivity index (χ4n) is 2.12. The quantitative estimate of drug-likeness (QED) is 0.891. The van der Waals surface area contributed by atoms with Crippen LogP contribution in [-0.4, -0.2) is 17.7 Å². The van der Waals surface area contributed by atoms with Crippen LogP contribution in [0, 0.1) is 5.92 Å². The zero-order valence-corrected chi connectivity index (χ0v) is 10.7. The third-order valence-electron chi connectivity index (χ3n) is 3.55. The normalized spacial score (nSPS) is 15.8. The molecule has 0 bridgehead atoms. The summed E-state index contributed by atoms with van der Waals surface area (Å²) in [5, 5.41) is 8.97. The van der Waals surface area contributed by atoms with Gasteiger partial charge in [-0.1, -0.05) is 19.3 Å². The van der Waals surface area contributed by atoms with E-state index in [2.05, 4.69) is 0 Å². The fourth-order valence-corrected chi connectivity index (χ4v) is 2.12. The number of carbonyl (C=O) groups is 1. The third-order valence-corrected chi connectivity index (χ3v) is 3.55. The first-order valence-corrected chi connectivity index (χ1v) is 6.45. The number of hydrogen-bond donors (Lipinski definition) is 1. The SMILES string of the molecule is O=C(O)c1cc(C(F)(F)F)ccc1OCCC1CCC1. The van der Waals surface area contributed by atoms with E-state index in [1.165, 1.54) is 6.42 Å². The summed E-state index contributed by atoms with van der Waals surface area (Å²) in [5.74, 6) is -0.836. The third kappa shape index (κ3) is 3.43. The molecule has 0 radical (unpaired) electrons. The van der Waals surface area contributed by atoms with E-state index >= 15 is 0 Å². The smallest absolute Gasteiger partial charge is 0.416 e. The van der Waals surface area contributed by atoms with Crippen molar-refractivity contribution in [2.45, 2.75) is 31.9 Å². The minimum absolute atomic E-state index is 0.00942. The second-order valence-corrected chi connectivity index (χ2v) is 4.95. The van der Waals surface area contributed by atoms with Gasteiger partial charge in [0.05, 0.1) is 12.2 Å². The van der Waals surface area contributed by atoms with Crippen LogP contribution in [0.1, 0.15) is 41.6 Å². The van der Waals surface area contributed by atoms with Crippen molar-refractivity contribution < 1.29 is 27.8 Å². The van der Waals surface area contributed by atoms with Crippen molar-refractivity contribution >= 4 is 5.97 Å². The van der Waals surface area contributed by atoms with Gasteiger partial charge in [-0.25, -0.2) is 4.79 Å². The lowest BCUT2D eigenvalue weighted by Crippen LogP contribution is -2.15. The highest BCUT2D eigenvalue weighted by Gasteiger charge is 2.32. The number of alkyl halides is 3. The predicted molar refractivity (Wildman–Crippen MR) is 65.9 cm³/mol. The second kappa shape index (κ2) is 5.73. The van der Waals surface area contributed by atoms with Crippen molar-refractivity contribution in [1.82, 2.24) is 0 Å². The molecule has 1 aromatic rings. The van der Waals surface area contributed by atoms with Gasteiger partial charge in [0, 0.05) is 0 Å². The molecule has 0 saturated heterocycles. The van der Waals surface area contributed by atoms with Crippen LogP contribution in [0.4, 0.5) is 13.2 Å². The van der Waals surface area contributed by atoms with Crippen molar-refractivity contribution in [3.8, 4) is 5.75 Å². The van der Waals surface area contributed by atoms with Crippen molar-refractivity contribution in [2.24, 2.45) is 5.92 Å². The molecule has 1 aromatic carbocycles. The van der Waals surface area contributed by atoms with E-state index in [4.69, 9.17) is 9.84 Å². The van der Waals surface area contributed by atoms with Gasteiger partial charge in [-0.15, -0.1) is 0 Å². The van der Waals surface area contributed by atoms with Crippen LogP contribution in [0.2, 0.25) is 0 Å². The molecule has 0 unspecified atom stereocenters. The molecule has 0 aromatic heterocycles. The molecule has 20 heavy (non-hydrogen) atoms. The van der Waals surface area contributed by atoms with Crippen LogP contribution in [0.5, 0.6) is 5.75 Å². The Morgan fingerprint density at radius 1 is 1.35 bits per heavy atom. The summed E-state index contributed by atoms with van der Waals surface area (Å²) in [6, 6.07) is 2.53.